The lowest BCUT2D eigenvalue weighted by Gasteiger charge is -2.25. The molecule has 1 aromatic heterocycles. The molecular formula is C30H30N2O9S. The van der Waals surface area contributed by atoms with Crippen LogP contribution in [0.2, 0.25) is 0 Å². The Morgan fingerprint density at radius 2 is 1.83 bits per heavy atom. The normalized spacial score (nSPS) is 15.9. The van der Waals surface area contributed by atoms with Gasteiger partial charge in [0.1, 0.15) is 13.2 Å². The van der Waals surface area contributed by atoms with Crippen LogP contribution in [0, 0.1) is 0 Å². The van der Waals surface area contributed by atoms with Gasteiger partial charge in [-0.3, -0.25) is 9.36 Å². The summed E-state index contributed by atoms with van der Waals surface area (Å²) in [5.74, 6) is 0.798. The van der Waals surface area contributed by atoms with Gasteiger partial charge in [-0.15, -0.1) is 0 Å². The second-order valence-corrected chi connectivity index (χ2v) is 10.2. The van der Waals surface area contributed by atoms with Gasteiger partial charge in [-0.2, -0.15) is 0 Å². The van der Waals surface area contributed by atoms with Crippen molar-refractivity contribution < 1.29 is 38.0 Å². The minimum Gasteiger partial charge on any atom is -0.490 e. The number of hydrogen-bond donors (Lipinski definition) is 0. The average molecular weight is 595 g/mol. The fourth-order valence-corrected chi connectivity index (χ4v) is 5.73. The van der Waals surface area contributed by atoms with Gasteiger partial charge in [0.2, 0.25) is 0 Å². The lowest BCUT2D eigenvalue weighted by Crippen LogP contribution is -2.40. The average Bonchev–Trinajstić information content (AvgIpc) is 3.29. The Morgan fingerprint density at radius 3 is 2.57 bits per heavy atom. The number of esters is 2. The molecule has 3 aromatic rings. The van der Waals surface area contributed by atoms with E-state index in [-0.39, 0.29) is 24.3 Å². The number of methoxy groups -OCH3 is 1. The summed E-state index contributed by atoms with van der Waals surface area (Å²) in [4.78, 5) is 43.9. The molecule has 0 saturated heterocycles. The van der Waals surface area contributed by atoms with E-state index in [1.165, 1.54) is 23.0 Å². The van der Waals surface area contributed by atoms with Crippen LogP contribution in [0.5, 0.6) is 23.0 Å². The molecule has 2 aliphatic heterocycles. The van der Waals surface area contributed by atoms with Crippen molar-refractivity contribution in [3.8, 4) is 23.0 Å². The summed E-state index contributed by atoms with van der Waals surface area (Å²) in [5, 5.41) is 0. The molecule has 12 heteroatoms. The quantitative estimate of drug-likeness (QED) is 0.344. The highest BCUT2D eigenvalue weighted by Gasteiger charge is 2.34. The SMILES string of the molecule is CCOC(=O)C1=C(C)N=c2sc(=Cc3ccc4c(c3)OCCO4)c(=O)n2C1c1ccc(OCC(=O)OC)c(OCC)c1. The molecule has 0 spiro atoms. The maximum Gasteiger partial charge on any atom is 0.343 e. The molecule has 0 saturated carbocycles. The molecule has 42 heavy (non-hydrogen) atoms. The molecule has 0 N–H and O–H groups in total. The zero-order valence-corrected chi connectivity index (χ0v) is 24.4. The van der Waals surface area contributed by atoms with Crippen molar-refractivity contribution in [2.45, 2.75) is 26.8 Å². The summed E-state index contributed by atoms with van der Waals surface area (Å²) < 4.78 is 34.7. The van der Waals surface area contributed by atoms with E-state index in [0.29, 0.717) is 63.4 Å². The highest BCUT2D eigenvalue weighted by atomic mass is 32.1. The van der Waals surface area contributed by atoms with Gasteiger partial charge in [0.05, 0.1) is 42.2 Å². The first-order valence-electron chi connectivity index (χ1n) is 13.4. The van der Waals surface area contributed by atoms with E-state index in [0.717, 1.165) is 5.56 Å². The summed E-state index contributed by atoms with van der Waals surface area (Å²) in [6.07, 6.45) is 1.76. The number of carbonyl (C=O) groups excluding carboxylic acids is 2. The van der Waals surface area contributed by atoms with Gasteiger partial charge in [0.15, 0.2) is 34.4 Å². The summed E-state index contributed by atoms with van der Waals surface area (Å²) in [6, 6.07) is 9.67. The van der Waals surface area contributed by atoms with Crippen molar-refractivity contribution in [2.75, 3.05) is 40.1 Å². The molecule has 11 nitrogen and oxygen atoms in total. The largest absolute Gasteiger partial charge is 0.490 e. The van der Waals surface area contributed by atoms with E-state index in [2.05, 4.69) is 9.73 Å². The minimum atomic E-state index is -0.850. The number of thiazole rings is 1. The standard InChI is InChI=1S/C30H30N2O9S/c1-5-37-23-15-19(8-10-21(23)41-16-25(33)36-4)27-26(29(35)38-6-2)17(3)31-30-32(27)28(34)24(42-30)14-18-7-9-20-22(13-18)40-12-11-39-20/h7-10,13-15,27H,5-6,11-12,16H2,1-4H3. The summed E-state index contributed by atoms with van der Waals surface area (Å²) >= 11 is 1.22. The Balaban J connectivity index is 1.64. The van der Waals surface area contributed by atoms with Crippen LogP contribution in [0.25, 0.3) is 6.08 Å². The van der Waals surface area contributed by atoms with Gasteiger partial charge in [0, 0.05) is 0 Å². The fourth-order valence-electron chi connectivity index (χ4n) is 4.69. The van der Waals surface area contributed by atoms with Crippen LogP contribution in [-0.2, 0) is 19.1 Å². The third-order valence-corrected chi connectivity index (χ3v) is 7.52. The van der Waals surface area contributed by atoms with Gasteiger partial charge in [-0.25, -0.2) is 14.6 Å². The predicted molar refractivity (Wildman–Crippen MR) is 153 cm³/mol. The Labute approximate surface area is 245 Å². The van der Waals surface area contributed by atoms with E-state index < -0.39 is 18.0 Å². The van der Waals surface area contributed by atoms with Crippen LogP contribution in [0.15, 0.2) is 57.5 Å². The maximum absolute atomic E-state index is 14.0. The highest BCUT2D eigenvalue weighted by molar-refractivity contribution is 7.07. The van der Waals surface area contributed by atoms with Crippen LogP contribution in [-0.4, -0.2) is 56.6 Å². The number of fused-ring (bicyclic) bond motifs is 2. The summed E-state index contributed by atoms with van der Waals surface area (Å²) in [7, 11) is 1.27. The number of nitrogens with zero attached hydrogens (tertiary/aromatic N) is 2. The van der Waals surface area contributed by atoms with E-state index in [9.17, 15) is 14.4 Å². The van der Waals surface area contributed by atoms with Crippen LogP contribution in [0.1, 0.15) is 37.9 Å². The zero-order valence-electron chi connectivity index (χ0n) is 23.6. The number of allylic oxidation sites excluding steroid dienone is 1. The number of ether oxygens (including phenoxy) is 6. The minimum absolute atomic E-state index is 0.154. The Hall–Kier alpha value is -4.58. The Morgan fingerprint density at radius 1 is 1.05 bits per heavy atom. The van der Waals surface area contributed by atoms with Crippen LogP contribution >= 0.6 is 11.3 Å². The third-order valence-electron chi connectivity index (χ3n) is 6.54. The first kappa shape index (κ1) is 28.9. The number of aromatic nitrogens is 1. The van der Waals surface area contributed by atoms with Crippen molar-refractivity contribution in [1.82, 2.24) is 4.57 Å². The Bertz CT molecular complexity index is 1740. The van der Waals surface area contributed by atoms with Gasteiger partial charge in [-0.05, 0) is 62.2 Å². The summed E-state index contributed by atoms with van der Waals surface area (Å²) in [5.41, 5.74) is 1.69. The van der Waals surface area contributed by atoms with Crippen molar-refractivity contribution in [3.05, 3.63) is 78.5 Å². The van der Waals surface area contributed by atoms with E-state index in [4.69, 9.17) is 23.7 Å². The van der Waals surface area contributed by atoms with Crippen LogP contribution < -0.4 is 33.8 Å². The number of hydrogen-bond acceptors (Lipinski definition) is 11. The molecule has 2 aromatic carbocycles. The smallest absolute Gasteiger partial charge is 0.343 e. The topological polar surface area (TPSA) is 124 Å². The molecule has 0 radical (unpaired) electrons. The van der Waals surface area contributed by atoms with Gasteiger partial charge >= 0.3 is 11.9 Å². The molecule has 3 heterocycles. The number of benzene rings is 2. The van der Waals surface area contributed by atoms with Crippen molar-refractivity contribution in [2.24, 2.45) is 4.99 Å². The number of carbonyl (C=O) groups is 2. The lowest BCUT2D eigenvalue weighted by atomic mass is 9.95. The zero-order chi connectivity index (χ0) is 29.8. The molecule has 0 aliphatic carbocycles. The fraction of sp³-hybridized carbons (Fsp3) is 0.333. The number of rotatable bonds is 9. The maximum atomic E-state index is 14.0. The first-order chi connectivity index (χ1) is 20.3. The second-order valence-electron chi connectivity index (χ2n) is 9.21. The van der Waals surface area contributed by atoms with Crippen molar-refractivity contribution in [3.63, 3.8) is 0 Å². The van der Waals surface area contributed by atoms with E-state index in [1.54, 1.807) is 38.1 Å². The highest BCUT2D eigenvalue weighted by Crippen LogP contribution is 2.36. The molecule has 220 valence electrons. The van der Waals surface area contributed by atoms with Crippen molar-refractivity contribution in [1.29, 1.82) is 0 Å². The van der Waals surface area contributed by atoms with Gasteiger partial charge in [-0.1, -0.05) is 23.5 Å². The Kier molecular flexibility index (Phi) is 8.62. The van der Waals surface area contributed by atoms with Gasteiger partial charge in [0.25, 0.3) is 5.56 Å². The molecule has 0 amide bonds. The lowest BCUT2D eigenvalue weighted by molar-refractivity contribution is -0.143. The molecule has 0 fully saturated rings. The predicted octanol–water partition coefficient (Wildman–Crippen LogP) is 2.52. The molecule has 1 atom stereocenters. The van der Waals surface area contributed by atoms with E-state index in [1.807, 2.05) is 25.1 Å². The third kappa shape index (κ3) is 5.75. The molecule has 0 bridgehead atoms. The second kappa shape index (κ2) is 12.5. The van der Waals surface area contributed by atoms with Crippen LogP contribution in [0.4, 0.5) is 0 Å². The van der Waals surface area contributed by atoms with Gasteiger partial charge < -0.3 is 28.4 Å². The van der Waals surface area contributed by atoms with Crippen molar-refractivity contribution >= 4 is 29.4 Å². The summed E-state index contributed by atoms with van der Waals surface area (Å²) in [6.45, 7) is 6.34. The molecule has 1 unspecified atom stereocenters. The van der Waals surface area contributed by atoms with Crippen LogP contribution in [0.3, 0.4) is 0 Å². The van der Waals surface area contributed by atoms with E-state index >= 15 is 0 Å². The molecule has 5 rings (SSSR count). The first-order valence-corrected chi connectivity index (χ1v) is 14.2. The molecule has 2 aliphatic rings. The molecular weight excluding hydrogens is 564 g/mol. The monoisotopic (exact) mass is 594 g/mol.